The average molecular weight is 263 g/mol. The van der Waals surface area contributed by atoms with Crippen LogP contribution < -0.4 is 18.9 Å². The molecule has 0 bridgehead atoms. The molecule has 0 saturated carbocycles. The van der Waals surface area contributed by atoms with Crippen molar-refractivity contribution in [3.8, 4) is 17.2 Å². The van der Waals surface area contributed by atoms with Gasteiger partial charge in [0.2, 0.25) is 0 Å². The van der Waals surface area contributed by atoms with Gasteiger partial charge >= 0.3 is 18.9 Å². The van der Waals surface area contributed by atoms with Crippen molar-refractivity contribution in [1.82, 2.24) is 0 Å². The summed E-state index contributed by atoms with van der Waals surface area (Å²) in [4.78, 5) is 0. The van der Waals surface area contributed by atoms with E-state index in [0.717, 1.165) is 5.56 Å². The normalized spacial score (nSPS) is 8.52. The Morgan fingerprint density at radius 2 is 1.19 bits per heavy atom. The van der Waals surface area contributed by atoms with E-state index in [1.165, 1.54) is 5.56 Å². The van der Waals surface area contributed by atoms with Gasteiger partial charge in [-0.05, 0) is 23.3 Å². The van der Waals surface area contributed by atoms with Gasteiger partial charge in [0, 0.05) is 0 Å². The predicted molar refractivity (Wildman–Crippen MR) is 81.9 cm³/mol. The molecule has 0 saturated heterocycles. The average Bonchev–Trinajstić information content (AvgIpc) is 2.58. The van der Waals surface area contributed by atoms with Gasteiger partial charge in [0.25, 0.3) is 0 Å². The standard InChI is InChI=1S/C13H9N.C6H5.Li/c14-10-11-6-8-13(9-7-11)12-4-2-1-3-5-12;1-2-4-6-5-3-1;/h1-9H;1-5H;/q;-1;+1. The number of nitrogens with zero attached hydrogens (tertiary/aromatic N) is 1. The van der Waals surface area contributed by atoms with E-state index in [0.29, 0.717) is 5.56 Å². The molecule has 0 unspecified atom stereocenters. The van der Waals surface area contributed by atoms with Gasteiger partial charge in [0.15, 0.2) is 0 Å². The van der Waals surface area contributed by atoms with E-state index < -0.39 is 0 Å². The molecule has 0 aliphatic heterocycles. The Bertz CT molecular complexity index is 629. The predicted octanol–water partition coefficient (Wildman–Crippen LogP) is 1.72. The largest absolute Gasteiger partial charge is 1.00 e. The molecule has 0 heterocycles. The van der Waals surface area contributed by atoms with Crippen molar-refractivity contribution in [2.75, 3.05) is 0 Å². The minimum Gasteiger partial charge on any atom is -0.192 e. The second-order valence-electron chi connectivity index (χ2n) is 4.13. The van der Waals surface area contributed by atoms with Crippen LogP contribution in [-0.2, 0) is 0 Å². The summed E-state index contributed by atoms with van der Waals surface area (Å²) >= 11 is 0. The molecule has 1 nitrogen and oxygen atoms in total. The first-order chi connectivity index (χ1) is 9.90. The van der Waals surface area contributed by atoms with E-state index in [-0.39, 0.29) is 18.9 Å². The molecule has 96 valence electrons. The van der Waals surface area contributed by atoms with Crippen molar-refractivity contribution >= 4 is 0 Å². The third-order valence-corrected chi connectivity index (χ3v) is 2.73. The molecule has 0 aliphatic rings. The van der Waals surface area contributed by atoms with Crippen LogP contribution in [0.25, 0.3) is 11.1 Å². The first-order valence-corrected chi connectivity index (χ1v) is 6.37. The number of rotatable bonds is 1. The van der Waals surface area contributed by atoms with Crippen LogP contribution in [0.2, 0.25) is 0 Å². The molecule has 0 N–H and O–H groups in total. The Labute approximate surface area is 138 Å². The van der Waals surface area contributed by atoms with Crippen molar-refractivity contribution in [3.63, 3.8) is 0 Å². The molecule has 0 atom stereocenters. The molecule has 0 aromatic heterocycles. The summed E-state index contributed by atoms with van der Waals surface area (Å²) in [5.74, 6) is 0. The van der Waals surface area contributed by atoms with Gasteiger partial charge in [-0.2, -0.15) is 41.7 Å². The van der Waals surface area contributed by atoms with Crippen LogP contribution in [-0.4, -0.2) is 0 Å². The smallest absolute Gasteiger partial charge is 0.192 e. The second-order valence-corrected chi connectivity index (χ2v) is 4.13. The molecular formula is C19H14LiN. The molecule has 0 spiro atoms. The third-order valence-electron chi connectivity index (χ3n) is 2.73. The van der Waals surface area contributed by atoms with E-state index in [1.807, 2.05) is 72.8 Å². The van der Waals surface area contributed by atoms with Gasteiger partial charge in [-0.25, -0.2) is 0 Å². The topological polar surface area (TPSA) is 23.8 Å². The van der Waals surface area contributed by atoms with E-state index in [2.05, 4.69) is 24.3 Å². The maximum atomic E-state index is 8.65. The molecular weight excluding hydrogens is 249 g/mol. The summed E-state index contributed by atoms with van der Waals surface area (Å²) in [7, 11) is 0. The quantitative estimate of drug-likeness (QED) is 0.484. The maximum Gasteiger partial charge on any atom is 1.00 e. The Hall–Kier alpha value is -2.25. The molecule has 3 rings (SSSR count). The van der Waals surface area contributed by atoms with Crippen molar-refractivity contribution in [2.45, 2.75) is 0 Å². The summed E-state index contributed by atoms with van der Waals surface area (Å²) < 4.78 is 0. The summed E-state index contributed by atoms with van der Waals surface area (Å²) in [6, 6.07) is 32.3. The van der Waals surface area contributed by atoms with Crippen LogP contribution in [0.15, 0.2) is 84.9 Å². The van der Waals surface area contributed by atoms with Gasteiger partial charge in [0.1, 0.15) is 0 Å². The molecule has 0 aliphatic carbocycles. The zero-order valence-corrected chi connectivity index (χ0v) is 12.0. The number of hydrogen-bond donors (Lipinski definition) is 0. The Morgan fingerprint density at radius 3 is 1.62 bits per heavy atom. The second kappa shape index (κ2) is 9.62. The molecule has 21 heavy (non-hydrogen) atoms. The van der Waals surface area contributed by atoms with E-state index in [1.54, 1.807) is 0 Å². The van der Waals surface area contributed by atoms with Crippen molar-refractivity contribution in [3.05, 3.63) is 96.6 Å². The summed E-state index contributed by atoms with van der Waals surface area (Å²) in [6.45, 7) is 0. The Balaban J connectivity index is 0.000000267. The minimum atomic E-state index is 0. The zero-order chi connectivity index (χ0) is 14.0. The van der Waals surface area contributed by atoms with Gasteiger partial charge in [-0.1, -0.05) is 42.5 Å². The Kier molecular flexibility index (Phi) is 7.70. The van der Waals surface area contributed by atoms with Gasteiger partial charge in [-0.15, -0.1) is 0 Å². The first kappa shape index (κ1) is 16.8. The summed E-state index contributed by atoms with van der Waals surface area (Å²) in [5.41, 5.74) is 3.02. The third kappa shape index (κ3) is 5.72. The maximum absolute atomic E-state index is 8.65. The van der Waals surface area contributed by atoms with Crippen molar-refractivity contribution < 1.29 is 18.9 Å². The summed E-state index contributed by atoms with van der Waals surface area (Å²) in [6.07, 6.45) is 0. The van der Waals surface area contributed by atoms with E-state index in [4.69, 9.17) is 5.26 Å². The zero-order valence-electron chi connectivity index (χ0n) is 12.0. The number of hydrogen-bond acceptors (Lipinski definition) is 1. The molecule has 2 heteroatoms. The molecule has 0 fully saturated rings. The van der Waals surface area contributed by atoms with E-state index >= 15 is 0 Å². The number of benzene rings is 3. The molecule has 3 aromatic rings. The van der Waals surface area contributed by atoms with Gasteiger partial charge < -0.3 is 0 Å². The Morgan fingerprint density at radius 1 is 0.667 bits per heavy atom. The van der Waals surface area contributed by atoms with Crippen LogP contribution in [0.3, 0.4) is 0 Å². The number of nitriles is 1. The van der Waals surface area contributed by atoms with Crippen LogP contribution >= 0.6 is 0 Å². The summed E-state index contributed by atoms with van der Waals surface area (Å²) in [5, 5.41) is 8.65. The van der Waals surface area contributed by atoms with Gasteiger partial charge in [-0.3, -0.25) is 0 Å². The van der Waals surface area contributed by atoms with E-state index in [9.17, 15) is 0 Å². The van der Waals surface area contributed by atoms with Crippen LogP contribution in [0.4, 0.5) is 0 Å². The molecule has 3 aromatic carbocycles. The fraction of sp³-hybridized carbons (Fsp3) is 0. The van der Waals surface area contributed by atoms with Crippen LogP contribution in [0.5, 0.6) is 0 Å². The van der Waals surface area contributed by atoms with Gasteiger partial charge in [0.05, 0.1) is 11.6 Å². The monoisotopic (exact) mass is 263 g/mol. The van der Waals surface area contributed by atoms with Crippen molar-refractivity contribution in [1.29, 1.82) is 5.26 Å². The minimum absolute atomic E-state index is 0. The first-order valence-electron chi connectivity index (χ1n) is 6.37. The van der Waals surface area contributed by atoms with Crippen molar-refractivity contribution in [2.24, 2.45) is 0 Å². The molecule has 0 radical (unpaired) electrons. The van der Waals surface area contributed by atoms with Crippen LogP contribution in [0.1, 0.15) is 5.56 Å². The molecule has 0 amide bonds. The SMILES string of the molecule is N#Cc1ccc(-c2ccccc2)cc1.[Li+].[c-]1ccccc1. The van der Waals surface area contributed by atoms with Crippen LogP contribution in [0, 0.1) is 17.4 Å². The fourth-order valence-electron chi connectivity index (χ4n) is 1.71. The fourth-order valence-corrected chi connectivity index (χ4v) is 1.71.